The molecule has 0 aliphatic heterocycles. The maximum Gasteiger partial charge on any atom is 0.291 e. The minimum atomic E-state index is -4.57. The Bertz CT molecular complexity index is 352. The van der Waals surface area contributed by atoms with E-state index in [1.807, 2.05) is 0 Å². The van der Waals surface area contributed by atoms with Crippen LogP contribution in [0.3, 0.4) is 0 Å². The molecule has 2 atom stereocenters. The normalized spacial score (nSPS) is 15.3. The monoisotopic (exact) mass is 342 g/mol. The summed E-state index contributed by atoms with van der Waals surface area (Å²) in [6.45, 7) is 0. The average molecular weight is 342 g/mol. The molecular formula is C5H12K2O8S2. The maximum absolute atomic E-state index is 10.3. The summed E-state index contributed by atoms with van der Waals surface area (Å²) in [5.74, 6) is 0. The largest absolute Gasteiger partial charge is 0.375 e. The summed E-state index contributed by atoms with van der Waals surface area (Å²) in [6, 6.07) is 0. The fourth-order valence-corrected chi connectivity index (χ4v) is 1.69. The van der Waals surface area contributed by atoms with E-state index in [0.717, 1.165) is 0 Å². The Morgan fingerprint density at radius 2 is 1.00 bits per heavy atom. The maximum atomic E-state index is 10.3. The van der Waals surface area contributed by atoms with Gasteiger partial charge in [-0.1, -0.05) is 0 Å². The predicted molar refractivity (Wildman–Crippen MR) is 60.5 cm³/mol. The zero-order chi connectivity index (χ0) is 12.3. The predicted octanol–water partition coefficient (Wildman–Crippen LogP) is -2.19. The van der Waals surface area contributed by atoms with Gasteiger partial charge < -0.3 is 10.2 Å². The SMILES string of the molecule is O=S(=O)(O)C(O)CCCC(O)S(=O)(=O)O.[K].[K]. The molecule has 17 heavy (non-hydrogen) atoms. The molecule has 94 valence electrons. The molecule has 8 nitrogen and oxygen atoms in total. The van der Waals surface area contributed by atoms with E-state index < -0.39 is 43.9 Å². The van der Waals surface area contributed by atoms with Crippen molar-refractivity contribution in [3.8, 4) is 0 Å². The van der Waals surface area contributed by atoms with Crippen LogP contribution in [-0.4, -0.2) is 150 Å². The summed E-state index contributed by atoms with van der Waals surface area (Å²) in [5, 5.41) is 17.5. The van der Waals surface area contributed by atoms with Crippen molar-refractivity contribution < 1.29 is 36.2 Å². The molecule has 2 radical (unpaired) electrons. The van der Waals surface area contributed by atoms with E-state index in [4.69, 9.17) is 19.3 Å². The Kier molecular flexibility index (Phi) is 15.7. The average Bonchev–Trinajstić information content (AvgIpc) is 2.00. The second kappa shape index (κ2) is 10.7. The van der Waals surface area contributed by atoms with Crippen molar-refractivity contribution in [3.63, 3.8) is 0 Å². The van der Waals surface area contributed by atoms with Gasteiger partial charge in [0.25, 0.3) is 20.2 Å². The molecule has 0 heterocycles. The zero-order valence-electron chi connectivity index (χ0n) is 9.51. The van der Waals surface area contributed by atoms with Crippen LogP contribution in [0.15, 0.2) is 0 Å². The van der Waals surface area contributed by atoms with E-state index in [0.29, 0.717) is 0 Å². The third-order valence-corrected chi connectivity index (χ3v) is 3.44. The molecule has 0 aliphatic rings. The molecule has 0 amide bonds. The van der Waals surface area contributed by atoms with Gasteiger partial charge in [-0.05, 0) is 19.3 Å². The van der Waals surface area contributed by atoms with Crippen molar-refractivity contribution in [2.24, 2.45) is 0 Å². The third kappa shape index (κ3) is 12.5. The Morgan fingerprint density at radius 3 is 1.18 bits per heavy atom. The van der Waals surface area contributed by atoms with Crippen molar-refractivity contribution in [1.29, 1.82) is 0 Å². The first-order valence-corrected chi connectivity index (χ1v) is 6.84. The second-order valence-electron chi connectivity index (χ2n) is 2.87. The third-order valence-electron chi connectivity index (χ3n) is 1.59. The number of aliphatic hydroxyl groups excluding tert-OH is 2. The van der Waals surface area contributed by atoms with Crippen LogP contribution < -0.4 is 0 Å². The van der Waals surface area contributed by atoms with Crippen LogP contribution >= 0.6 is 0 Å². The first-order valence-electron chi connectivity index (χ1n) is 3.84. The second-order valence-corrected chi connectivity index (χ2v) is 6.02. The summed E-state index contributed by atoms with van der Waals surface area (Å²) in [7, 11) is -9.15. The zero-order valence-corrected chi connectivity index (χ0v) is 17.4. The minimum Gasteiger partial charge on any atom is -0.375 e. The van der Waals surface area contributed by atoms with Gasteiger partial charge in [-0.3, -0.25) is 9.11 Å². The number of hydrogen-bond acceptors (Lipinski definition) is 6. The first-order chi connectivity index (χ1) is 6.55. The molecule has 12 heteroatoms. The van der Waals surface area contributed by atoms with E-state index in [2.05, 4.69) is 0 Å². The molecule has 0 aromatic rings. The topological polar surface area (TPSA) is 149 Å². The van der Waals surface area contributed by atoms with Gasteiger partial charge in [0.1, 0.15) is 0 Å². The van der Waals surface area contributed by atoms with Gasteiger partial charge in [-0.25, -0.2) is 0 Å². The summed E-state index contributed by atoms with van der Waals surface area (Å²) in [5.41, 5.74) is -4.04. The molecule has 0 saturated heterocycles. The van der Waals surface area contributed by atoms with Gasteiger partial charge in [0, 0.05) is 103 Å². The molecule has 0 aromatic carbocycles. The summed E-state index contributed by atoms with van der Waals surface area (Å²) >= 11 is 0. The van der Waals surface area contributed by atoms with Crippen molar-refractivity contribution >= 4 is 123 Å². The molecule has 2 unspecified atom stereocenters. The van der Waals surface area contributed by atoms with Crippen LogP contribution in [0.2, 0.25) is 0 Å². The summed E-state index contributed by atoms with van der Waals surface area (Å²) in [6.07, 6.45) is -1.07. The fourth-order valence-electron chi connectivity index (χ4n) is 0.765. The van der Waals surface area contributed by atoms with Crippen LogP contribution in [0.4, 0.5) is 0 Å². The standard InChI is InChI=1S/C5H12O8S2.2K/c6-4(14(8,9)10)2-1-3-5(7)15(11,12)13;;/h4-7H,1-3H2,(H,8,9,10)(H,11,12,13);;. The Hall–Kier alpha value is 3.01. The van der Waals surface area contributed by atoms with E-state index in [9.17, 15) is 16.8 Å². The quantitative estimate of drug-likeness (QED) is 0.314. The Balaban J connectivity index is -0.000000980. The molecular weight excluding hydrogens is 330 g/mol. The van der Waals surface area contributed by atoms with Gasteiger partial charge >= 0.3 is 0 Å². The van der Waals surface area contributed by atoms with Gasteiger partial charge in [0.05, 0.1) is 0 Å². The van der Waals surface area contributed by atoms with E-state index in [-0.39, 0.29) is 109 Å². The molecule has 0 spiro atoms. The molecule has 0 bridgehead atoms. The van der Waals surface area contributed by atoms with Gasteiger partial charge in [-0.2, -0.15) is 16.8 Å². The van der Waals surface area contributed by atoms with Crippen LogP contribution in [0.5, 0.6) is 0 Å². The van der Waals surface area contributed by atoms with Crippen LogP contribution in [-0.2, 0) is 20.2 Å². The van der Waals surface area contributed by atoms with Crippen LogP contribution in [0.1, 0.15) is 19.3 Å². The van der Waals surface area contributed by atoms with Crippen molar-refractivity contribution in [3.05, 3.63) is 0 Å². The molecule has 0 saturated carbocycles. The van der Waals surface area contributed by atoms with Gasteiger partial charge in [0.15, 0.2) is 10.9 Å². The van der Waals surface area contributed by atoms with Gasteiger partial charge in [-0.15, -0.1) is 0 Å². The molecule has 0 fully saturated rings. The smallest absolute Gasteiger partial charge is 0.291 e. The van der Waals surface area contributed by atoms with E-state index in [1.54, 1.807) is 0 Å². The molecule has 4 N–H and O–H groups in total. The molecule has 0 aromatic heterocycles. The van der Waals surface area contributed by atoms with Gasteiger partial charge in [0.2, 0.25) is 0 Å². The van der Waals surface area contributed by atoms with E-state index >= 15 is 0 Å². The van der Waals surface area contributed by atoms with Crippen molar-refractivity contribution in [2.75, 3.05) is 0 Å². The summed E-state index contributed by atoms with van der Waals surface area (Å²) in [4.78, 5) is 0. The summed E-state index contributed by atoms with van der Waals surface area (Å²) < 4.78 is 57.7. The van der Waals surface area contributed by atoms with Crippen LogP contribution in [0, 0.1) is 0 Å². The minimum absolute atomic E-state index is 0. The fraction of sp³-hybridized carbons (Fsp3) is 1.00. The van der Waals surface area contributed by atoms with E-state index in [1.165, 1.54) is 0 Å². The number of aliphatic hydroxyl groups is 2. The number of rotatable bonds is 6. The Morgan fingerprint density at radius 1 is 0.765 bits per heavy atom. The van der Waals surface area contributed by atoms with Crippen LogP contribution in [0.25, 0.3) is 0 Å². The van der Waals surface area contributed by atoms with Crippen molar-refractivity contribution in [1.82, 2.24) is 0 Å². The molecule has 0 rings (SSSR count). The Labute approximate surface area is 185 Å². The molecule has 0 aliphatic carbocycles. The number of hydrogen-bond donors (Lipinski definition) is 4. The first kappa shape index (κ1) is 25.0. The van der Waals surface area contributed by atoms with Crippen molar-refractivity contribution in [2.45, 2.75) is 30.1 Å².